The van der Waals surface area contributed by atoms with Crippen LogP contribution < -0.4 is 0 Å². The van der Waals surface area contributed by atoms with E-state index in [4.69, 9.17) is 4.74 Å². The molecule has 0 saturated carbocycles. The molecule has 0 saturated heterocycles. The van der Waals surface area contributed by atoms with Crippen molar-refractivity contribution in [3.05, 3.63) is 12.2 Å². The molecule has 2 nitrogen and oxygen atoms in total. The summed E-state index contributed by atoms with van der Waals surface area (Å²) in [5.41, 5.74) is 0. The maximum Gasteiger partial charge on any atom is 0.309 e. The lowest BCUT2D eigenvalue weighted by Crippen LogP contribution is -2.28. The van der Waals surface area contributed by atoms with Crippen LogP contribution in [0.1, 0.15) is 54.9 Å². The first kappa shape index (κ1) is 17.6. The molecule has 0 aliphatic heterocycles. The summed E-state index contributed by atoms with van der Waals surface area (Å²) in [5, 5.41) is 0. The van der Waals surface area contributed by atoms with Crippen molar-refractivity contribution in [1.82, 2.24) is 0 Å². The molecule has 0 heterocycles. The van der Waals surface area contributed by atoms with Crippen molar-refractivity contribution in [2.24, 2.45) is 11.8 Å². The molecule has 0 radical (unpaired) electrons. The molecule has 0 atom stereocenters. The molecule has 0 N–H and O–H groups in total. The van der Waals surface area contributed by atoms with E-state index in [1.165, 1.54) is 0 Å². The van der Waals surface area contributed by atoms with E-state index in [2.05, 4.69) is 27.7 Å². The average Bonchev–Trinajstić information content (AvgIpc) is 2.13. The number of ether oxygens (including phenoxy) is 1. The molecule has 0 aromatic carbocycles. The Morgan fingerprint density at radius 3 is 2.00 bits per heavy atom. The number of rotatable bonds is 6. The van der Waals surface area contributed by atoms with Crippen LogP contribution in [-0.2, 0) is 9.53 Å². The van der Waals surface area contributed by atoms with Crippen LogP contribution in [-0.4, -0.2) is 12.1 Å². The van der Waals surface area contributed by atoms with Crippen molar-refractivity contribution in [2.45, 2.75) is 61.0 Å². The zero-order valence-corrected chi connectivity index (χ0v) is 10.6. The summed E-state index contributed by atoms with van der Waals surface area (Å²) in [6, 6.07) is 0. The molecular weight excluding hydrogens is 200 g/mol. The Morgan fingerprint density at radius 2 is 1.62 bits per heavy atom. The van der Waals surface area contributed by atoms with E-state index in [0.29, 0.717) is 18.3 Å². The summed E-state index contributed by atoms with van der Waals surface area (Å²) in [7, 11) is 0. The van der Waals surface area contributed by atoms with Gasteiger partial charge < -0.3 is 4.74 Å². The van der Waals surface area contributed by atoms with Gasteiger partial charge in [0.05, 0.1) is 6.42 Å². The molecule has 0 fully saturated rings. The largest absolute Gasteiger partial charge is 0.462 e. The second-order valence-corrected chi connectivity index (χ2v) is 4.53. The van der Waals surface area contributed by atoms with E-state index in [1.807, 2.05) is 19.1 Å². The van der Waals surface area contributed by atoms with Gasteiger partial charge in [-0.15, -0.1) is 0 Å². The highest BCUT2D eigenvalue weighted by molar-refractivity contribution is 5.71. The van der Waals surface area contributed by atoms with Gasteiger partial charge in [0.1, 0.15) is 6.10 Å². The highest BCUT2D eigenvalue weighted by atomic mass is 16.5. The van der Waals surface area contributed by atoms with Gasteiger partial charge in [-0.25, -0.2) is 0 Å². The van der Waals surface area contributed by atoms with Gasteiger partial charge in [0, 0.05) is 0 Å². The van der Waals surface area contributed by atoms with Crippen LogP contribution in [0.2, 0.25) is 0 Å². The third kappa shape index (κ3) is 7.49. The third-order valence-electron chi connectivity index (χ3n) is 2.27. The van der Waals surface area contributed by atoms with Crippen LogP contribution in [0.5, 0.6) is 0 Å². The fraction of sp³-hybridized carbons (Fsp3) is 0.786. The fourth-order valence-corrected chi connectivity index (χ4v) is 1.59. The van der Waals surface area contributed by atoms with Gasteiger partial charge in [-0.2, -0.15) is 0 Å². The Hall–Kier alpha value is -0.790. The van der Waals surface area contributed by atoms with E-state index >= 15 is 0 Å². The molecule has 96 valence electrons. The predicted molar refractivity (Wildman–Crippen MR) is 70.3 cm³/mol. The Balaban J connectivity index is 0. The minimum atomic E-state index is -0.118. The Kier molecular flexibility index (Phi) is 10.4. The van der Waals surface area contributed by atoms with Crippen molar-refractivity contribution < 1.29 is 9.53 Å². The number of carbonyl (C=O) groups is 1. The van der Waals surface area contributed by atoms with Crippen LogP contribution in [0, 0.1) is 11.8 Å². The molecule has 0 aromatic rings. The van der Waals surface area contributed by atoms with E-state index in [9.17, 15) is 4.79 Å². The molecule has 0 aliphatic carbocycles. The van der Waals surface area contributed by atoms with Gasteiger partial charge in [-0.05, 0) is 18.3 Å². The zero-order chi connectivity index (χ0) is 11.8. The number of hydrogen-bond donors (Lipinski definition) is 0. The van der Waals surface area contributed by atoms with Crippen molar-refractivity contribution in [1.29, 1.82) is 0 Å². The Bertz CT molecular complexity index is 197. The highest BCUT2D eigenvalue weighted by Gasteiger charge is 2.20. The van der Waals surface area contributed by atoms with Gasteiger partial charge in [0.15, 0.2) is 0 Å². The normalized spacial score (nSPS) is 11.2. The number of esters is 1. The lowest BCUT2D eigenvalue weighted by atomic mass is 9.96. The summed E-state index contributed by atoms with van der Waals surface area (Å²) >= 11 is 0. The number of allylic oxidation sites excluding steroid dienone is 1. The van der Waals surface area contributed by atoms with Gasteiger partial charge in [0.2, 0.25) is 0 Å². The molecule has 16 heavy (non-hydrogen) atoms. The lowest BCUT2D eigenvalue weighted by molar-refractivity contribution is -0.152. The Labute approximate surface area is 101 Å². The maximum absolute atomic E-state index is 11.5. The first-order valence-electron chi connectivity index (χ1n) is 5.83. The fourth-order valence-electron chi connectivity index (χ4n) is 1.59. The van der Waals surface area contributed by atoms with Crippen molar-refractivity contribution in [2.75, 3.05) is 0 Å². The van der Waals surface area contributed by atoms with E-state index in [0.717, 1.165) is 6.42 Å². The SMILES string of the molecule is C.CC/C=C\CC(=O)OC(C(C)C)C(C)C. The second-order valence-electron chi connectivity index (χ2n) is 4.53. The van der Waals surface area contributed by atoms with Crippen LogP contribution in [0.3, 0.4) is 0 Å². The predicted octanol–water partition coefficient (Wildman–Crippen LogP) is 4.20. The maximum atomic E-state index is 11.5. The summed E-state index contributed by atoms with van der Waals surface area (Å²) in [6.45, 7) is 10.4. The van der Waals surface area contributed by atoms with E-state index in [1.54, 1.807) is 0 Å². The van der Waals surface area contributed by atoms with Gasteiger partial charge in [0.25, 0.3) is 0 Å². The molecular formula is C14H28O2. The summed E-state index contributed by atoms with van der Waals surface area (Å²) in [5.74, 6) is 0.639. The number of hydrogen-bond acceptors (Lipinski definition) is 2. The standard InChI is InChI=1S/C13H24O2.CH4/c1-6-7-8-9-12(14)15-13(10(2)3)11(4)5;/h7-8,10-11,13H,6,9H2,1-5H3;1H4/b8-7-;. The molecule has 2 heteroatoms. The minimum absolute atomic E-state index is 0. The zero-order valence-electron chi connectivity index (χ0n) is 10.6. The molecule has 0 aliphatic rings. The van der Waals surface area contributed by atoms with Crippen molar-refractivity contribution in [3.8, 4) is 0 Å². The smallest absolute Gasteiger partial charge is 0.309 e. The quantitative estimate of drug-likeness (QED) is 0.503. The Morgan fingerprint density at radius 1 is 1.12 bits per heavy atom. The monoisotopic (exact) mass is 228 g/mol. The molecule has 0 amide bonds. The third-order valence-corrected chi connectivity index (χ3v) is 2.27. The highest BCUT2D eigenvalue weighted by Crippen LogP contribution is 2.16. The van der Waals surface area contributed by atoms with Crippen LogP contribution >= 0.6 is 0 Å². The summed E-state index contributed by atoms with van der Waals surface area (Å²) < 4.78 is 5.43. The van der Waals surface area contributed by atoms with Gasteiger partial charge >= 0.3 is 5.97 Å². The first-order chi connectivity index (χ1) is 6.99. The van der Waals surface area contributed by atoms with Gasteiger partial charge in [-0.3, -0.25) is 4.79 Å². The van der Waals surface area contributed by atoms with Gasteiger partial charge in [-0.1, -0.05) is 54.2 Å². The topological polar surface area (TPSA) is 26.3 Å². The summed E-state index contributed by atoms with van der Waals surface area (Å²) in [6.07, 6.45) is 5.25. The molecule has 0 unspecified atom stereocenters. The summed E-state index contributed by atoms with van der Waals surface area (Å²) in [4.78, 5) is 11.5. The van der Waals surface area contributed by atoms with Crippen LogP contribution in [0.25, 0.3) is 0 Å². The average molecular weight is 228 g/mol. The molecule has 0 bridgehead atoms. The first-order valence-corrected chi connectivity index (χ1v) is 5.83. The molecule has 0 spiro atoms. The second kappa shape index (κ2) is 9.44. The molecule has 0 rings (SSSR count). The minimum Gasteiger partial charge on any atom is -0.462 e. The van der Waals surface area contributed by atoms with Crippen molar-refractivity contribution >= 4 is 5.97 Å². The van der Waals surface area contributed by atoms with Crippen molar-refractivity contribution in [3.63, 3.8) is 0 Å². The molecule has 0 aromatic heterocycles. The van der Waals surface area contributed by atoms with Crippen LogP contribution in [0.4, 0.5) is 0 Å². The van der Waals surface area contributed by atoms with Crippen LogP contribution in [0.15, 0.2) is 12.2 Å². The number of carbonyl (C=O) groups excluding carboxylic acids is 1. The van der Waals surface area contributed by atoms with E-state index < -0.39 is 0 Å². The lowest BCUT2D eigenvalue weighted by Gasteiger charge is -2.24. The van der Waals surface area contributed by atoms with E-state index in [-0.39, 0.29) is 19.5 Å².